The molecular weight excluding hydrogens is 461 g/mol. The minimum Gasteiger partial charge on any atom is -0.481 e. The second kappa shape index (κ2) is 10.8. The molecule has 2 aromatic carbocycles. The van der Waals surface area contributed by atoms with E-state index in [4.69, 9.17) is 14.2 Å². The Morgan fingerprint density at radius 2 is 1.64 bits per heavy atom. The van der Waals surface area contributed by atoms with Crippen LogP contribution in [0.2, 0.25) is 0 Å². The molecule has 0 saturated carbocycles. The van der Waals surface area contributed by atoms with E-state index in [0.29, 0.717) is 17.5 Å². The molecule has 1 saturated heterocycles. The van der Waals surface area contributed by atoms with Crippen LogP contribution in [0.3, 0.4) is 0 Å². The van der Waals surface area contributed by atoms with Crippen molar-refractivity contribution in [2.24, 2.45) is 0 Å². The van der Waals surface area contributed by atoms with Crippen LogP contribution in [-0.2, 0) is 6.42 Å². The van der Waals surface area contributed by atoms with Crippen molar-refractivity contribution in [3.8, 4) is 23.5 Å². The molecule has 0 bridgehead atoms. The van der Waals surface area contributed by atoms with E-state index < -0.39 is 0 Å². The van der Waals surface area contributed by atoms with Crippen LogP contribution < -0.4 is 19.1 Å². The van der Waals surface area contributed by atoms with E-state index in [9.17, 15) is 4.39 Å². The van der Waals surface area contributed by atoms with Gasteiger partial charge in [-0.2, -0.15) is 9.97 Å². The Bertz CT molecular complexity index is 1280. The lowest BCUT2D eigenvalue weighted by Gasteiger charge is -2.36. The number of aromatic amines is 1. The maximum Gasteiger partial charge on any atom is 0.328 e. The molecule has 2 aromatic heterocycles. The average Bonchev–Trinajstić information content (AvgIpc) is 3.31. The van der Waals surface area contributed by atoms with Gasteiger partial charge in [-0.1, -0.05) is 0 Å². The van der Waals surface area contributed by atoms with E-state index in [-0.39, 0.29) is 11.8 Å². The van der Waals surface area contributed by atoms with Gasteiger partial charge in [-0.05, 0) is 67.4 Å². The van der Waals surface area contributed by atoms with Gasteiger partial charge in [0.2, 0.25) is 11.8 Å². The van der Waals surface area contributed by atoms with Gasteiger partial charge in [0.15, 0.2) is 0 Å². The number of hydrogen-bond acceptors (Lipinski definition) is 7. The van der Waals surface area contributed by atoms with Crippen LogP contribution in [0.4, 0.5) is 10.1 Å². The number of anilines is 1. The molecule has 1 aliphatic heterocycles. The van der Waals surface area contributed by atoms with Crippen molar-refractivity contribution in [3.05, 3.63) is 66.1 Å². The monoisotopic (exact) mass is 491 g/mol. The zero-order chi connectivity index (χ0) is 24.9. The molecule has 0 spiro atoms. The predicted octanol–water partition coefficient (Wildman–Crippen LogP) is 4.66. The van der Waals surface area contributed by atoms with Crippen LogP contribution in [0, 0.1) is 5.82 Å². The summed E-state index contributed by atoms with van der Waals surface area (Å²) in [4.78, 5) is 16.5. The Hall–Kier alpha value is -3.85. The number of nitrogens with one attached hydrogen (secondary N) is 1. The third-order valence-electron chi connectivity index (χ3n) is 6.51. The highest BCUT2D eigenvalue weighted by molar-refractivity contribution is 5.83. The molecule has 36 heavy (non-hydrogen) atoms. The number of rotatable bonds is 9. The third kappa shape index (κ3) is 5.52. The highest BCUT2D eigenvalue weighted by Gasteiger charge is 2.17. The van der Waals surface area contributed by atoms with Gasteiger partial charge in [-0.15, -0.1) is 0 Å². The molecule has 1 fully saturated rings. The Morgan fingerprint density at radius 1 is 0.917 bits per heavy atom. The Morgan fingerprint density at radius 3 is 2.33 bits per heavy atom. The summed E-state index contributed by atoms with van der Waals surface area (Å²) in [5.41, 5.74) is 3.34. The third-order valence-corrected chi connectivity index (χ3v) is 6.51. The first-order chi connectivity index (χ1) is 17.6. The number of aromatic nitrogens is 3. The number of benzene rings is 2. The molecule has 188 valence electrons. The number of fused-ring (bicyclic) bond motifs is 1. The number of aryl methyl sites for hydroxylation is 1. The first-order valence-corrected chi connectivity index (χ1v) is 12.1. The molecule has 0 amide bonds. The quantitative estimate of drug-likeness (QED) is 0.365. The molecule has 0 radical (unpaired) electrons. The zero-order valence-electron chi connectivity index (χ0n) is 20.5. The van der Waals surface area contributed by atoms with Gasteiger partial charge in [0.25, 0.3) is 0 Å². The molecule has 1 N–H and O–H groups in total. The lowest BCUT2D eigenvalue weighted by atomic mass is 10.1. The fourth-order valence-electron chi connectivity index (χ4n) is 4.55. The van der Waals surface area contributed by atoms with Crippen molar-refractivity contribution in [1.29, 1.82) is 0 Å². The number of piperazine rings is 1. The molecule has 1 aliphatic rings. The van der Waals surface area contributed by atoms with E-state index >= 15 is 0 Å². The molecule has 9 heteroatoms. The molecular formula is C27H30FN5O3. The number of hydrogen-bond donors (Lipinski definition) is 1. The standard InChI is InChI=1S/C27H30FN5O3/c1-34-25-17-26(35-2)31-27(30-25)36-22-8-6-21(7-9-22)33-14-12-32(13-15-33)11-3-4-19-18-29-24-10-5-20(28)16-23(19)24/h5-10,16-18,29H,3-4,11-15H2,1-2H3. The number of ether oxygens (including phenoxy) is 3. The van der Waals surface area contributed by atoms with Gasteiger partial charge in [0.05, 0.1) is 20.3 Å². The highest BCUT2D eigenvalue weighted by Crippen LogP contribution is 2.26. The lowest BCUT2D eigenvalue weighted by Crippen LogP contribution is -2.46. The van der Waals surface area contributed by atoms with Crippen molar-refractivity contribution >= 4 is 16.6 Å². The molecule has 5 rings (SSSR count). The second-order valence-electron chi connectivity index (χ2n) is 8.77. The summed E-state index contributed by atoms with van der Waals surface area (Å²) in [5.74, 6) is 1.21. The van der Waals surface area contributed by atoms with Crippen LogP contribution in [-0.4, -0.2) is 66.8 Å². The summed E-state index contributed by atoms with van der Waals surface area (Å²) in [6.45, 7) is 4.99. The minimum absolute atomic E-state index is 0.172. The number of H-pyrrole nitrogens is 1. The number of halogens is 1. The van der Waals surface area contributed by atoms with Crippen molar-refractivity contribution < 1.29 is 18.6 Å². The summed E-state index contributed by atoms with van der Waals surface area (Å²) >= 11 is 0. The normalized spacial score (nSPS) is 14.2. The highest BCUT2D eigenvalue weighted by atomic mass is 19.1. The van der Waals surface area contributed by atoms with Crippen LogP contribution >= 0.6 is 0 Å². The fraction of sp³-hybridized carbons (Fsp3) is 0.333. The second-order valence-corrected chi connectivity index (χ2v) is 8.77. The van der Waals surface area contributed by atoms with Gasteiger partial charge < -0.3 is 24.1 Å². The summed E-state index contributed by atoms with van der Waals surface area (Å²) in [7, 11) is 3.07. The number of nitrogens with zero attached hydrogens (tertiary/aromatic N) is 4. The maximum absolute atomic E-state index is 13.6. The van der Waals surface area contributed by atoms with Gasteiger partial charge in [-0.3, -0.25) is 4.90 Å². The van der Waals surface area contributed by atoms with E-state index in [1.807, 2.05) is 18.3 Å². The van der Waals surface area contributed by atoms with Gasteiger partial charge in [-0.25, -0.2) is 4.39 Å². The Balaban J connectivity index is 1.10. The van der Waals surface area contributed by atoms with Crippen LogP contribution in [0.15, 0.2) is 54.7 Å². The van der Waals surface area contributed by atoms with E-state index in [0.717, 1.165) is 62.2 Å². The lowest BCUT2D eigenvalue weighted by molar-refractivity contribution is 0.255. The predicted molar refractivity (Wildman–Crippen MR) is 137 cm³/mol. The first kappa shape index (κ1) is 23.9. The molecule has 0 unspecified atom stereocenters. The first-order valence-electron chi connectivity index (χ1n) is 12.1. The summed E-state index contributed by atoms with van der Waals surface area (Å²) in [6, 6.07) is 14.6. The molecule has 8 nitrogen and oxygen atoms in total. The van der Waals surface area contributed by atoms with Crippen molar-refractivity contribution in [1.82, 2.24) is 19.9 Å². The van der Waals surface area contributed by atoms with Crippen molar-refractivity contribution in [2.75, 3.05) is 51.8 Å². The van der Waals surface area contributed by atoms with E-state index in [2.05, 4.69) is 36.9 Å². The average molecular weight is 492 g/mol. The van der Waals surface area contributed by atoms with Gasteiger partial charge >= 0.3 is 6.01 Å². The Kier molecular flexibility index (Phi) is 7.18. The summed E-state index contributed by atoms with van der Waals surface area (Å²) < 4.78 is 29.8. The smallest absolute Gasteiger partial charge is 0.328 e. The fourth-order valence-corrected chi connectivity index (χ4v) is 4.55. The van der Waals surface area contributed by atoms with E-state index in [1.165, 1.54) is 25.8 Å². The summed E-state index contributed by atoms with van der Waals surface area (Å²) in [5, 5.41) is 0.990. The molecule has 0 aliphatic carbocycles. The Labute approximate surface area is 209 Å². The molecule has 4 aromatic rings. The van der Waals surface area contributed by atoms with Crippen LogP contribution in [0.5, 0.6) is 23.5 Å². The van der Waals surface area contributed by atoms with Gasteiger partial charge in [0, 0.05) is 49.0 Å². The topological polar surface area (TPSA) is 75.7 Å². The SMILES string of the molecule is COc1cc(OC)nc(Oc2ccc(N3CCN(CCCc4c[nH]c5ccc(F)cc45)CC3)cc2)n1. The van der Waals surface area contributed by atoms with Crippen molar-refractivity contribution in [2.45, 2.75) is 12.8 Å². The van der Waals surface area contributed by atoms with Crippen molar-refractivity contribution in [3.63, 3.8) is 0 Å². The number of methoxy groups -OCH3 is 2. The zero-order valence-corrected chi connectivity index (χ0v) is 20.5. The van der Waals surface area contributed by atoms with Crippen LogP contribution in [0.1, 0.15) is 12.0 Å². The summed E-state index contributed by atoms with van der Waals surface area (Å²) in [6.07, 6.45) is 3.99. The van der Waals surface area contributed by atoms with E-state index in [1.54, 1.807) is 18.2 Å². The molecule has 0 atom stereocenters. The van der Waals surface area contributed by atoms with Gasteiger partial charge in [0.1, 0.15) is 11.6 Å². The van der Waals surface area contributed by atoms with Crippen LogP contribution in [0.25, 0.3) is 10.9 Å². The largest absolute Gasteiger partial charge is 0.481 e. The maximum atomic E-state index is 13.6. The minimum atomic E-state index is -0.187. The molecule has 3 heterocycles.